The number of rotatable bonds is 2. The van der Waals surface area contributed by atoms with Gasteiger partial charge in [0.05, 0.1) is 11.4 Å². The van der Waals surface area contributed by atoms with E-state index in [-0.39, 0.29) is 12.0 Å². The lowest BCUT2D eigenvalue weighted by Gasteiger charge is -2.20. The Bertz CT molecular complexity index is 469. The number of nitrogens with two attached hydrogens (primary N) is 1. The average Bonchev–Trinajstić information content (AvgIpc) is 2.38. The summed E-state index contributed by atoms with van der Waals surface area (Å²) in [4.78, 5) is 20.5. The average molecular weight is 261 g/mol. The van der Waals surface area contributed by atoms with E-state index in [1.807, 2.05) is 0 Å². The van der Waals surface area contributed by atoms with Gasteiger partial charge in [-0.25, -0.2) is 4.99 Å². The van der Waals surface area contributed by atoms with Crippen molar-refractivity contribution >= 4 is 17.3 Å². The second-order valence-corrected chi connectivity index (χ2v) is 4.80. The van der Waals surface area contributed by atoms with Gasteiger partial charge in [0.15, 0.2) is 5.71 Å². The van der Waals surface area contributed by atoms with Crippen molar-refractivity contribution in [1.29, 1.82) is 0 Å². The Morgan fingerprint density at radius 2 is 2.11 bits per heavy atom. The molecule has 0 aromatic heterocycles. The van der Waals surface area contributed by atoms with Crippen LogP contribution in [0.1, 0.15) is 39.0 Å². The summed E-state index contributed by atoms with van der Waals surface area (Å²) in [5.74, 6) is -0.278. The molecular weight excluding hydrogens is 242 g/mol. The van der Waals surface area contributed by atoms with Crippen LogP contribution < -0.4 is 5.73 Å². The number of hydrogen-bond donors (Lipinski definition) is 1. The molecule has 2 aliphatic carbocycles. The van der Waals surface area contributed by atoms with Crippen LogP contribution in [0.25, 0.3) is 0 Å². The molecule has 0 spiro atoms. The van der Waals surface area contributed by atoms with Gasteiger partial charge in [-0.15, -0.1) is 0 Å². The molecule has 0 aromatic rings. The van der Waals surface area contributed by atoms with Gasteiger partial charge >= 0.3 is 0 Å². The zero-order valence-electron chi connectivity index (χ0n) is 11.1. The predicted molar refractivity (Wildman–Crippen MR) is 74.9 cm³/mol. The zero-order chi connectivity index (χ0) is 13.7. The molecule has 0 aliphatic heterocycles. The fraction of sp³-hybridized carbons (Fsp3) is 0.500. The van der Waals surface area contributed by atoms with Gasteiger partial charge in [0.1, 0.15) is 6.10 Å². The second kappa shape index (κ2) is 6.31. The Balaban J connectivity index is 2.11. The topological polar surface area (TPSA) is 77.0 Å². The SMILES string of the molecule is CC(=O)N=C1C=CC=C(N)/C1=N\OC1CCCCC1. The molecule has 0 saturated heterocycles. The molecule has 5 nitrogen and oxygen atoms in total. The number of oxime groups is 1. The summed E-state index contributed by atoms with van der Waals surface area (Å²) in [6.45, 7) is 1.40. The Hall–Kier alpha value is -1.91. The maximum atomic E-state index is 11.1. The first-order valence-corrected chi connectivity index (χ1v) is 6.64. The zero-order valence-corrected chi connectivity index (χ0v) is 11.1. The standard InChI is InChI=1S/C14H19N3O2/c1-10(18)16-13-9-5-8-12(15)14(13)17-19-11-6-3-2-4-7-11/h5,8-9,11H,2-4,6-7,15H2,1H3/b16-13?,17-14+. The first kappa shape index (κ1) is 13.5. The summed E-state index contributed by atoms with van der Waals surface area (Å²) < 4.78 is 0. The molecule has 1 fully saturated rings. The van der Waals surface area contributed by atoms with Gasteiger partial charge in [-0.1, -0.05) is 17.7 Å². The van der Waals surface area contributed by atoms with E-state index in [9.17, 15) is 4.79 Å². The van der Waals surface area contributed by atoms with Crippen molar-refractivity contribution in [2.45, 2.75) is 45.1 Å². The highest BCUT2D eigenvalue weighted by atomic mass is 16.6. The Labute approximate surface area is 112 Å². The van der Waals surface area contributed by atoms with E-state index < -0.39 is 0 Å². The van der Waals surface area contributed by atoms with Gasteiger partial charge in [-0.2, -0.15) is 0 Å². The molecule has 0 radical (unpaired) electrons. The minimum Gasteiger partial charge on any atom is -0.397 e. The summed E-state index contributed by atoms with van der Waals surface area (Å²) in [5.41, 5.74) is 7.25. The van der Waals surface area contributed by atoms with E-state index in [2.05, 4.69) is 10.1 Å². The summed E-state index contributed by atoms with van der Waals surface area (Å²) >= 11 is 0. The van der Waals surface area contributed by atoms with Crippen molar-refractivity contribution in [3.63, 3.8) is 0 Å². The van der Waals surface area contributed by atoms with Gasteiger partial charge in [0.2, 0.25) is 5.91 Å². The number of nitrogens with zero attached hydrogens (tertiary/aromatic N) is 2. The molecule has 0 heterocycles. The van der Waals surface area contributed by atoms with E-state index >= 15 is 0 Å². The predicted octanol–water partition coefficient (Wildman–Crippen LogP) is 2.09. The summed E-state index contributed by atoms with van der Waals surface area (Å²) in [5, 5.41) is 4.11. The van der Waals surface area contributed by atoms with Gasteiger partial charge in [-0.3, -0.25) is 4.79 Å². The minimum absolute atomic E-state index is 0.151. The molecule has 0 aromatic carbocycles. The van der Waals surface area contributed by atoms with E-state index in [1.165, 1.54) is 26.2 Å². The third-order valence-electron chi connectivity index (χ3n) is 3.17. The van der Waals surface area contributed by atoms with Gasteiger partial charge in [0.25, 0.3) is 0 Å². The number of carbonyl (C=O) groups excluding carboxylic acids is 1. The smallest absolute Gasteiger partial charge is 0.243 e. The van der Waals surface area contributed by atoms with Crippen molar-refractivity contribution in [2.24, 2.45) is 15.9 Å². The molecule has 19 heavy (non-hydrogen) atoms. The molecule has 102 valence electrons. The third kappa shape index (κ3) is 3.77. The van der Waals surface area contributed by atoms with Crippen LogP contribution in [0.2, 0.25) is 0 Å². The van der Waals surface area contributed by atoms with Crippen LogP contribution in [-0.2, 0) is 9.63 Å². The van der Waals surface area contributed by atoms with Crippen LogP contribution >= 0.6 is 0 Å². The molecule has 0 atom stereocenters. The van der Waals surface area contributed by atoms with Crippen molar-refractivity contribution < 1.29 is 9.63 Å². The molecule has 0 bridgehead atoms. The van der Waals surface area contributed by atoms with Crippen LogP contribution in [0.15, 0.2) is 34.1 Å². The largest absolute Gasteiger partial charge is 0.397 e. The highest BCUT2D eigenvalue weighted by Gasteiger charge is 2.18. The first-order chi connectivity index (χ1) is 9.16. The number of hydrogen-bond acceptors (Lipinski definition) is 4. The van der Waals surface area contributed by atoms with Crippen LogP contribution in [-0.4, -0.2) is 23.4 Å². The number of allylic oxidation sites excluding steroid dienone is 4. The lowest BCUT2D eigenvalue weighted by Crippen LogP contribution is -2.25. The van der Waals surface area contributed by atoms with E-state index in [0.29, 0.717) is 17.1 Å². The van der Waals surface area contributed by atoms with E-state index in [0.717, 1.165) is 12.8 Å². The maximum absolute atomic E-state index is 11.1. The lowest BCUT2D eigenvalue weighted by atomic mass is 9.98. The monoisotopic (exact) mass is 261 g/mol. The normalized spacial score (nSPS) is 24.6. The highest BCUT2D eigenvalue weighted by Crippen LogP contribution is 2.20. The fourth-order valence-corrected chi connectivity index (χ4v) is 2.21. The molecule has 5 heteroatoms. The lowest BCUT2D eigenvalue weighted by molar-refractivity contribution is -0.115. The number of amides is 1. The van der Waals surface area contributed by atoms with Gasteiger partial charge in [-0.05, 0) is 37.8 Å². The quantitative estimate of drug-likeness (QED) is 0.610. The van der Waals surface area contributed by atoms with Crippen LogP contribution in [0, 0.1) is 0 Å². The summed E-state index contributed by atoms with van der Waals surface area (Å²) in [7, 11) is 0. The molecular formula is C14H19N3O2. The van der Waals surface area contributed by atoms with Gasteiger partial charge < -0.3 is 10.6 Å². The Kier molecular flexibility index (Phi) is 4.49. The van der Waals surface area contributed by atoms with Crippen molar-refractivity contribution in [1.82, 2.24) is 0 Å². The van der Waals surface area contributed by atoms with Crippen molar-refractivity contribution in [2.75, 3.05) is 0 Å². The first-order valence-electron chi connectivity index (χ1n) is 6.64. The molecule has 2 aliphatic rings. The molecule has 0 unspecified atom stereocenters. The molecule has 1 saturated carbocycles. The minimum atomic E-state index is -0.278. The summed E-state index contributed by atoms with van der Waals surface area (Å²) in [6.07, 6.45) is 11.0. The van der Waals surface area contributed by atoms with Gasteiger partial charge in [0, 0.05) is 6.92 Å². The second-order valence-electron chi connectivity index (χ2n) is 4.80. The molecule has 2 N–H and O–H groups in total. The summed E-state index contributed by atoms with van der Waals surface area (Å²) in [6, 6.07) is 0. The fourth-order valence-electron chi connectivity index (χ4n) is 2.21. The third-order valence-corrected chi connectivity index (χ3v) is 3.17. The van der Waals surface area contributed by atoms with Crippen LogP contribution in [0.4, 0.5) is 0 Å². The Morgan fingerprint density at radius 3 is 2.79 bits per heavy atom. The Morgan fingerprint density at radius 1 is 1.37 bits per heavy atom. The molecule has 1 amide bonds. The van der Waals surface area contributed by atoms with E-state index in [4.69, 9.17) is 10.6 Å². The molecule has 2 rings (SSSR count). The van der Waals surface area contributed by atoms with Crippen molar-refractivity contribution in [3.05, 3.63) is 23.9 Å². The number of carbonyl (C=O) groups is 1. The van der Waals surface area contributed by atoms with Crippen LogP contribution in [0.5, 0.6) is 0 Å². The van der Waals surface area contributed by atoms with Crippen LogP contribution in [0.3, 0.4) is 0 Å². The highest BCUT2D eigenvalue weighted by molar-refractivity contribution is 6.53. The van der Waals surface area contributed by atoms with Crippen molar-refractivity contribution in [3.8, 4) is 0 Å². The van der Waals surface area contributed by atoms with E-state index in [1.54, 1.807) is 18.2 Å². The maximum Gasteiger partial charge on any atom is 0.243 e. The number of aliphatic imine (C=N–C) groups is 1.